The molecule has 17 heavy (non-hydrogen) atoms. The maximum atomic E-state index is 2.36. The van der Waals surface area contributed by atoms with Crippen molar-refractivity contribution in [3.63, 3.8) is 0 Å². The summed E-state index contributed by atoms with van der Waals surface area (Å²) in [6.07, 6.45) is 2.36. The van der Waals surface area contributed by atoms with E-state index < -0.39 is 0 Å². The number of hydrogen-bond donors (Lipinski definition) is 0. The summed E-state index contributed by atoms with van der Waals surface area (Å²) in [5.41, 5.74) is 4.38. The lowest BCUT2D eigenvalue weighted by Gasteiger charge is -2.28. The van der Waals surface area contributed by atoms with Crippen LogP contribution in [0.3, 0.4) is 0 Å². The highest BCUT2D eigenvalue weighted by Crippen LogP contribution is 2.42. The average Bonchev–Trinajstić information content (AvgIpc) is 2.28. The molecule has 0 N–H and O–H groups in total. The summed E-state index contributed by atoms with van der Waals surface area (Å²) in [7, 11) is 0. The van der Waals surface area contributed by atoms with Gasteiger partial charge in [0.2, 0.25) is 0 Å². The van der Waals surface area contributed by atoms with Gasteiger partial charge in [0, 0.05) is 5.92 Å². The van der Waals surface area contributed by atoms with Crippen molar-refractivity contribution >= 4 is 16.8 Å². The molecule has 86 valence electrons. The van der Waals surface area contributed by atoms with E-state index in [1.165, 1.54) is 27.5 Å². The molecule has 1 atom stereocenters. The smallest absolute Gasteiger partial charge is 0.00781 e. The Morgan fingerprint density at radius 2 is 1.71 bits per heavy atom. The van der Waals surface area contributed by atoms with Crippen molar-refractivity contribution in [2.24, 2.45) is 5.92 Å². The molecule has 0 fully saturated rings. The molecule has 2 aromatic carbocycles. The molecule has 0 spiro atoms. The maximum Gasteiger partial charge on any atom is 0.00781 e. The van der Waals surface area contributed by atoms with Gasteiger partial charge in [0.05, 0.1) is 0 Å². The van der Waals surface area contributed by atoms with Crippen LogP contribution in [0.4, 0.5) is 0 Å². The monoisotopic (exact) mass is 222 g/mol. The standard InChI is InChI=1S/C17H18/c1-11(2)16-12(3)10-14-8-4-6-13-7-5-9-15(16)17(13)14/h4-11,16H,1-3H3. The first kappa shape index (κ1) is 10.6. The minimum Gasteiger partial charge on any atom is -0.0649 e. The van der Waals surface area contributed by atoms with Gasteiger partial charge in [-0.15, -0.1) is 0 Å². The van der Waals surface area contributed by atoms with Crippen molar-refractivity contribution in [1.29, 1.82) is 0 Å². The third-order valence-corrected chi connectivity index (χ3v) is 3.84. The van der Waals surface area contributed by atoms with Crippen LogP contribution in [0.1, 0.15) is 37.8 Å². The molecule has 3 rings (SSSR count). The predicted molar refractivity (Wildman–Crippen MR) is 75.2 cm³/mol. The summed E-state index contributed by atoms with van der Waals surface area (Å²) in [5.74, 6) is 1.24. The molecular formula is C17H18. The Bertz CT molecular complexity index is 597. The zero-order valence-corrected chi connectivity index (χ0v) is 10.7. The first-order chi connectivity index (χ1) is 8.18. The molecule has 1 aliphatic carbocycles. The fraction of sp³-hybridized carbons (Fsp3) is 0.294. The van der Waals surface area contributed by atoms with Gasteiger partial charge in [-0.3, -0.25) is 0 Å². The largest absolute Gasteiger partial charge is 0.0649 e. The van der Waals surface area contributed by atoms with Crippen molar-refractivity contribution in [3.05, 3.63) is 53.1 Å². The number of benzene rings is 2. The third kappa shape index (κ3) is 1.51. The van der Waals surface area contributed by atoms with Gasteiger partial charge >= 0.3 is 0 Å². The lowest BCUT2D eigenvalue weighted by molar-refractivity contribution is 0.559. The summed E-state index contributed by atoms with van der Waals surface area (Å²) < 4.78 is 0. The van der Waals surface area contributed by atoms with Gasteiger partial charge in [-0.2, -0.15) is 0 Å². The van der Waals surface area contributed by atoms with Gasteiger partial charge in [-0.05, 0) is 34.7 Å². The molecule has 0 saturated heterocycles. The fourth-order valence-corrected chi connectivity index (χ4v) is 3.24. The Morgan fingerprint density at radius 3 is 2.41 bits per heavy atom. The molecule has 1 aliphatic rings. The molecule has 0 saturated carbocycles. The van der Waals surface area contributed by atoms with Crippen LogP contribution >= 0.6 is 0 Å². The third-order valence-electron chi connectivity index (χ3n) is 3.84. The van der Waals surface area contributed by atoms with Crippen molar-refractivity contribution < 1.29 is 0 Å². The van der Waals surface area contributed by atoms with E-state index in [4.69, 9.17) is 0 Å². The molecule has 1 unspecified atom stereocenters. The second-order valence-electron chi connectivity index (χ2n) is 5.40. The summed E-state index contributed by atoms with van der Waals surface area (Å²) in [6.45, 7) is 6.89. The van der Waals surface area contributed by atoms with E-state index in [1.807, 2.05) is 0 Å². The highest BCUT2D eigenvalue weighted by atomic mass is 14.3. The van der Waals surface area contributed by atoms with Gasteiger partial charge in [-0.25, -0.2) is 0 Å². The maximum absolute atomic E-state index is 2.36. The van der Waals surface area contributed by atoms with Crippen LogP contribution in [0.25, 0.3) is 16.8 Å². The molecule has 0 aliphatic heterocycles. The first-order valence-electron chi connectivity index (χ1n) is 6.38. The highest BCUT2D eigenvalue weighted by molar-refractivity contribution is 5.96. The molecule has 0 heterocycles. The molecule has 0 heteroatoms. The van der Waals surface area contributed by atoms with Gasteiger partial charge < -0.3 is 0 Å². The molecule has 0 nitrogen and oxygen atoms in total. The van der Waals surface area contributed by atoms with E-state index in [0.717, 1.165) is 0 Å². The summed E-state index contributed by atoms with van der Waals surface area (Å²) in [4.78, 5) is 0. The molecule has 2 aromatic rings. The van der Waals surface area contributed by atoms with Crippen LogP contribution < -0.4 is 0 Å². The van der Waals surface area contributed by atoms with Crippen LogP contribution in [0.2, 0.25) is 0 Å². The molecule has 0 amide bonds. The van der Waals surface area contributed by atoms with Gasteiger partial charge in [-0.1, -0.05) is 61.9 Å². The van der Waals surface area contributed by atoms with Crippen molar-refractivity contribution in [2.45, 2.75) is 26.7 Å². The minimum atomic E-state index is 0.577. The van der Waals surface area contributed by atoms with Crippen LogP contribution in [-0.2, 0) is 0 Å². The summed E-state index contributed by atoms with van der Waals surface area (Å²) in [5, 5.41) is 2.83. The van der Waals surface area contributed by atoms with Gasteiger partial charge in [0.15, 0.2) is 0 Å². The SMILES string of the molecule is CC1=Cc2cccc3cccc(c23)C1C(C)C. The Kier molecular flexibility index (Phi) is 2.32. The van der Waals surface area contributed by atoms with E-state index in [1.54, 1.807) is 0 Å². The molecule has 0 radical (unpaired) electrons. The second kappa shape index (κ2) is 3.73. The minimum absolute atomic E-state index is 0.577. The zero-order valence-electron chi connectivity index (χ0n) is 10.7. The normalized spacial score (nSPS) is 18.6. The van der Waals surface area contributed by atoms with Crippen LogP contribution in [0, 0.1) is 5.92 Å². The summed E-state index contributed by atoms with van der Waals surface area (Å²) >= 11 is 0. The fourth-order valence-electron chi connectivity index (χ4n) is 3.24. The van der Waals surface area contributed by atoms with Crippen LogP contribution in [0.15, 0.2) is 42.0 Å². The Labute approximate surface area is 103 Å². The predicted octanol–water partition coefficient (Wildman–Crippen LogP) is 5.00. The van der Waals surface area contributed by atoms with E-state index in [0.29, 0.717) is 11.8 Å². The van der Waals surface area contributed by atoms with Crippen LogP contribution in [0.5, 0.6) is 0 Å². The van der Waals surface area contributed by atoms with Gasteiger partial charge in [0.1, 0.15) is 0 Å². The molecule has 0 bridgehead atoms. The topological polar surface area (TPSA) is 0 Å². The lowest BCUT2D eigenvalue weighted by Crippen LogP contribution is -2.12. The number of rotatable bonds is 1. The van der Waals surface area contributed by atoms with Gasteiger partial charge in [0.25, 0.3) is 0 Å². The van der Waals surface area contributed by atoms with E-state index >= 15 is 0 Å². The lowest BCUT2D eigenvalue weighted by atomic mass is 9.76. The Balaban J connectivity index is 2.39. The first-order valence-corrected chi connectivity index (χ1v) is 6.38. The molecule has 0 aromatic heterocycles. The molecular weight excluding hydrogens is 204 g/mol. The average molecular weight is 222 g/mol. The van der Waals surface area contributed by atoms with E-state index in [-0.39, 0.29) is 0 Å². The van der Waals surface area contributed by atoms with Crippen LogP contribution in [-0.4, -0.2) is 0 Å². The van der Waals surface area contributed by atoms with E-state index in [2.05, 4.69) is 63.2 Å². The quantitative estimate of drug-likeness (QED) is 0.637. The Hall–Kier alpha value is -1.56. The van der Waals surface area contributed by atoms with Crippen molar-refractivity contribution in [2.75, 3.05) is 0 Å². The Morgan fingerprint density at radius 1 is 1.00 bits per heavy atom. The highest BCUT2D eigenvalue weighted by Gasteiger charge is 2.23. The van der Waals surface area contributed by atoms with Crippen molar-refractivity contribution in [1.82, 2.24) is 0 Å². The van der Waals surface area contributed by atoms with Crippen molar-refractivity contribution in [3.8, 4) is 0 Å². The zero-order chi connectivity index (χ0) is 12.0. The second-order valence-corrected chi connectivity index (χ2v) is 5.40. The summed E-state index contributed by atoms with van der Waals surface area (Å²) in [6, 6.07) is 13.3. The number of allylic oxidation sites excluding steroid dienone is 1. The number of hydrogen-bond acceptors (Lipinski definition) is 0. The van der Waals surface area contributed by atoms with E-state index in [9.17, 15) is 0 Å².